The number of carbonyl (C=O) groups excluding carboxylic acids is 4. The van der Waals surface area contributed by atoms with E-state index in [1.54, 1.807) is 23.2 Å². The van der Waals surface area contributed by atoms with Crippen LogP contribution in [-0.4, -0.2) is 58.2 Å². The van der Waals surface area contributed by atoms with Crippen molar-refractivity contribution < 1.29 is 19.2 Å². The fourth-order valence-electron chi connectivity index (χ4n) is 6.59. The van der Waals surface area contributed by atoms with Crippen LogP contribution in [0.25, 0.3) is 0 Å². The molecule has 5 rings (SSSR count). The number of amides is 4. The number of Topliss-reactive ketones (excluding diaryl/α,β-unsaturated/α-hetero) is 1. The van der Waals surface area contributed by atoms with E-state index in [1.165, 1.54) is 6.42 Å². The lowest BCUT2D eigenvalue weighted by Gasteiger charge is -2.31. The highest BCUT2D eigenvalue weighted by atomic mass is 16.2. The number of likely N-dealkylation sites (tertiary alicyclic amines) is 1. The minimum absolute atomic E-state index is 0.0579. The molecule has 1 saturated heterocycles. The molecule has 2 aromatic rings. The number of urea groups is 1. The third kappa shape index (κ3) is 6.69. The fourth-order valence-corrected chi connectivity index (χ4v) is 6.59. The molecule has 3 aliphatic rings. The predicted octanol–water partition coefficient (Wildman–Crippen LogP) is 3.14. The molecule has 1 aromatic carbocycles. The van der Waals surface area contributed by atoms with Gasteiger partial charge in [-0.25, -0.2) is 4.79 Å². The van der Waals surface area contributed by atoms with Crippen LogP contribution in [-0.2, 0) is 27.3 Å². The van der Waals surface area contributed by atoms with Gasteiger partial charge in [0.25, 0.3) is 5.91 Å². The zero-order valence-electron chi connectivity index (χ0n) is 22.9. The summed E-state index contributed by atoms with van der Waals surface area (Å²) in [7, 11) is 0. The Morgan fingerprint density at radius 1 is 0.900 bits per heavy atom. The lowest BCUT2D eigenvalue weighted by molar-refractivity contribution is -0.140. The molecule has 0 unspecified atom stereocenters. The van der Waals surface area contributed by atoms with Gasteiger partial charge in [-0.15, -0.1) is 0 Å². The van der Waals surface area contributed by atoms with Gasteiger partial charge in [-0.05, 0) is 55.2 Å². The van der Waals surface area contributed by atoms with Gasteiger partial charge in [-0.2, -0.15) is 0 Å². The molecule has 4 amide bonds. The van der Waals surface area contributed by atoms with Crippen LogP contribution in [0.4, 0.5) is 4.79 Å². The number of pyridine rings is 1. The zero-order valence-corrected chi connectivity index (χ0v) is 22.9. The first-order chi connectivity index (χ1) is 19.5. The average Bonchev–Trinajstić information content (AvgIpc) is 3.59. The van der Waals surface area contributed by atoms with Crippen molar-refractivity contribution in [2.24, 2.45) is 11.8 Å². The van der Waals surface area contributed by atoms with Crippen LogP contribution in [0.1, 0.15) is 62.6 Å². The Bertz CT molecular complexity index is 1180. The summed E-state index contributed by atoms with van der Waals surface area (Å²) in [5.74, 6) is -1.52. The Kier molecular flexibility index (Phi) is 9.08. The summed E-state index contributed by atoms with van der Waals surface area (Å²) in [6.07, 6.45) is 10.0. The molecule has 2 aliphatic carbocycles. The maximum absolute atomic E-state index is 13.9. The first kappa shape index (κ1) is 27.8. The second-order valence-corrected chi connectivity index (χ2v) is 11.4. The van der Waals surface area contributed by atoms with Crippen LogP contribution in [0.3, 0.4) is 0 Å². The number of hydrogen-bond donors (Lipinski definition) is 3. The Labute approximate surface area is 235 Å². The van der Waals surface area contributed by atoms with Gasteiger partial charge in [0.05, 0.1) is 12.2 Å². The number of carbonyl (C=O) groups is 4. The molecule has 0 bridgehead atoms. The maximum atomic E-state index is 13.9. The van der Waals surface area contributed by atoms with E-state index < -0.39 is 23.8 Å². The van der Waals surface area contributed by atoms with E-state index in [4.69, 9.17) is 0 Å². The van der Waals surface area contributed by atoms with Gasteiger partial charge in [-0.1, -0.05) is 62.1 Å². The second-order valence-electron chi connectivity index (χ2n) is 11.4. The van der Waals surface area contributed by atoms with Crippen molar-refractivity contribution in [1.82, 2.24) is 25.8 Å². The van der Waals surface area contributed by atoms with Gasteiger partial charge >= 0.3 is 6.03 Å². The van der Waals surface area contributed by atoms with Gasteiger partial charge in [0.15, 0.2) is 0 Å². The summed E-state index contributed by atoms with van der Waals surface area (Å²) in [5.41, 5.74) is 1.46. The van der Waals surface area contributed by atoms with Crippen molar-refractivity contribution in [2.45, 2.75) is 82.5 Å². The van der Waals surface area contributed by atoms with E-state index in [2.05, 4.69) is 20.9 Å². The van der Waals surface area contributed by atoms with E-state index in [0.29, 0.717) is 12.2 Å². The molecule has 9 nitrogen and oxygen atoms in total. The predicted molar refractivity (Wildman–Crippen MR) is 150 cm³/mol. The van der Waals surface area contributed by atoms with E-state index in [-0.39, 0.29) is 42.8 Å². The molecular weight excluding hydrogens is 506 g/mol. The summed E-state index contributed by atoms with van der Waals surface area (Å²) >= 11 is 0. The molecule has 1 aromatic heterocycles. The van der Waals surface area contributed by atoms with Crippen LogP contribution in [0.2, 0.25) is 0 Å². The van der Waals surface area contributed by atoms with Crippen LogP contribution in [0, 0.1) is 11.8 Å². The van der Waals surface area contributed by atoms with Crippen molar-refractivity contribution in [3.63, 3.8) is 0 Å². The molecule has 0 radical (unpaired) electrons. The highest BCUT2D eigenvalue weighted by molar-refractivity contribution is 6.38. The van der Waals surface area contributed by atoms with E-state index in [1.807, 2.05) is 36.4 Å². The van der Waals surface area contributed by atoms with Crippen molar-refractivity contribution in [3.05, 3.63) is 66.0 Å². The van der Waals surface area contributed by atoms with E-state index in [0.717, 1.165) is 50.5 Å². The maximum Gasteiger partial charge on any atom is 0.318 e. The molecule has 1 aliphatic heterocycles. The van der Waals surface area contributed by atoms with Gasteiger partial charge in [-0.3, -0.25) is 19.4 Å². The van der Waals surface area contributed by atoms with Gasteiger partial charge in [0.1, 0.15) is 12.1 Å². The highest BCUT2D eigenvalue weighted by Crippen LogP contribution is 2.42. The number of aromatic nitrogens is 1. The van der Waals surface area contributed by atoms with Gasteiger partial charge < -0.3 is 20.9 Å². The minimum atomic E-state index is -1.05. The third-order valence-electron chi connectivity index (χ3n) is 8.65. The average molecular weight is 546 g/mol. The molecule has 40 heavy (non-hydrogen) atoms. The molecule has 0 spiro atoms. The number of nitrogens with one attached hydrogen (secondary N) is 3. The second kappa shape index (κ2) is 13.1. The summed E-state index contributed by atoms with van der Waals surface area (Å²) in [6, 6.07) is 12.9. The van der Waals surface area contributed by atoms with Crippen molar-refractivity contribution >= 4 is 23.6 Å². The molecule has 2 heterocycles. The number of ketones is 1. The SMILES string of the molecule is O=C(NCc1ccccn1)C(=O)[C@@H](Cc1ccccc1)NC(=O)[C@@H]1[C@H]2CCC[C@H]2CN1C(=O)NC1CCCCC1. The molecular formula is C31H39N5O4. The van der Waals surface area contributed by atoms with Crippen LogP contribution in [0.15, 0.2) is 54.7 Å². The lowest BCUT2D eigenvalue weighted by Crippen LogP contribution is -2.57. The molecule has 2 saturated carbocycles. The normalized spacial score (nSPS) is 23.2. The van der Waals surface area contributed by atoms with Crippen LogP contribution >= 0.6 is 0 Å². The standard InChI is InChI=1S/C31H39N5O4/c37-28(30(39)33-19-24-15-7-8-17-32-24)26(18-21-10-3-1-4-11-21)35-29(38)27-25-16-9-12-22(25)20-36(27)31(40)34-23-13-5-2-6-14-23/h1,3-4,7-8,10-11,15,17,22-23,25-27H,2,5-6,9,12-14,16,18-20H2,(H,33,39)(H,34,40)(H,35,38)/t22-,25-,26+,27-/m0/s1. The molecule has 3 N–H and O–H groups in total. The molecule has 9 heteroatoms. The minimum Gasteiger partial charge on any atom is -0.344 e. The number of benzene rings is 1. The zero-order chi connectivity index (χ0) is 27.9. The monoisotopic (exact) mass is 545 g/mol. The fraction of sp³-hybridized carbons (Fsp3) is 0.516. The van der Waals surface area contributed by atoms with Crippen molar-refractivity contribution in [2.75, 3.05) is 6.54 Å². The smallest absolute Gasteiger partial charge is 0.318 e. The summed E-state index contributed by atoms with van der Waals surface area (Å²) in [5, 5.41) is 8.71. The largest absolute Gasteiger partial charge is 0.344 e. The molecule has 3 fully saturated rings. The Hall–Kier alpha value is -3.75. The first-order valence-electron chi connectivity index (χ1n) is 14.6. The number of fused-ring (bicyclic) bond motifs is 1. The Morgan fingerprint density at radius 3 is 2.42 bits per heavy atom. The lowest BCUT2D eigenvalue weighted by atomic mass is 9.92. The van der Waals surface area contributed by atoms with Crippen molar-refractivity contribution in [3.8, 4) is 0 Å². The summed E-state index contributed by atoms with van der Waals surface area (Å²) < 4.78 is 0. The van der Waals surface area contributed by atoms with E-state index >= 15 is 0 Å². The Morgan fingerprint density at radius 2 is 1.68 bits per heavy atom. The number of nitrogens with zero attached hydrogens (tertiary/aromatic N) is 2. The van der Waals surface area contributed by atoms with Crippen LogP contribution < -0.4 is 16.0 Å². The topological polar surface area (TPSA) is 120 Å². The summed E-state index contributed by atoms with van der Waals surface area (Å²) in [6.45, 7) is 0.655. The quantitative estimate of drug-likeness (QED) is 0.418. The first-order valence-corrected chi connectivity index (χ1v) is 14.6. The van der Waals surface area contributed by atoms with Crippen molar-refractivity contribution in [1.29, 1.82) is 0 Å². The highest BCUT2D eigenvalue weighted by Gasteiger charge is 2.50. The number of hydrogen-bond acceptors (Lipinski definition) is 5. The van der Waals surface area contributed by atoms with Gasteiger partial charge in [0, 0.05) is 25.2 Å². The van der Waals surface area contributed by atoms with Gasteiger partial charge in [0.2, 0.25) is 11.7 Å². The number of rotatable bonds is 9. The molecule has 4 atom stereocenters. The molecule has 212 valence electrons. The summed E-state index contributed by atoms with van der Waals surface area (Å²) in [4.78, 5) is 59.4. The van der Waals surface area contributed by atoms with Crippen LogP contribution in [0.5, 0.6) is 0 Å². The third-order valence-corrected chi connectivity index (χ3v) is 8.65. The Balaban J connectivity index is 1.30. The van der Waals surface area contributed by atoms with E-state index in [9.17, 15) is 19.2 Å².